The average molecular weight is 605 g/mol. The fourth-order valence-corrected chi connectivity index (χ4v) is 6.48. The second-order valence-electron chi connectivity index (χ2n) is 12.3. The van der Waals surface area contributed by atoms with Crippen LogP contribution in [-0.4, -0.2) is 57.7 Å². The number of ether oxygens (including phenoxy) is 1. The average Bonchev–Trinajstić information content (AvgIpc) is 3.52. The van der Waals surface area contributed by atoms with Gasteiger partial charge in [-0.15, -0.1) is 0 Å². The van der Waals surface area contributed by atoms with Crippen LogP contribution in [0.3, 0.4) is 0 Å². The molecule has 10 heteroatoms. The van der Waals surface area contributed by atoms with Crippen molar-refractivity contribution in [1.29, 1.82) is 0 Å². The summed E-state index contributed by atoms with van der Waals surface area (Å²) in [6.07, 6.45) is 15.3. The van der Waals surface area contributed by atoms with Gasteiger partial charge in [0.25, 0.3) is 5.91 Å². The van der Waals surface area contributed by atoms with Gasteiger partial charge in [0.2, 0.25) is 0 Å². The van der Waals surface area contributed by atoms with E-state index in [9.17, 15) is 4.79 Å². The molecule has 5 aromatic rings. The molecule has 7 rings (SSSR count). The Hall–Kier alpha value is -4.54. The van der Waals surface area contributed by atoms with Gasteiger partial charge in [-0.2, -0.15) is 0 Å². The predicted octanol–water partition coefficient (Wildman–Crippen LogP) is 5.62. The number of anilines is 2. The summed E-state index contributed by atoms with van der Waals surface area (Å²) in [5.41, 5.74) is 13.5. The zero-order valence-corrected chi connectivity index (χ0v) is 25.4. The summed E-state index contributed by atoms with van der Waals surface area (Å²) in [6, 6.07) is 12.7. The lowest BCUT2D eigenvalue weighted by molar-refractivity contribution is 0.0699. The van der Waals surface area contributed by atoms with Crippen LogP contribution in [0.2, 0.25) is 0 Å². The van der Waals surface area contributed by atoms with Crippen molar-refractivity contribution in [1.82, 2.24) is 25.3 Å². The van der Waals surface area contributed by atoms with Gasteiger partial charge >= 0.3 is 0 Å². The van der Waals surface area contributed by atoms with Crippen LogP contribution in [0.4, 0.5) is 11.4 Å². The maximum atomic E-state index is 13.1. The molecule has 10 nitrogen and oxygen atoms in total. The van der Waals surface area contributed by atoms with Crippen molar-refractivity contribution in [3.63, 3.8) is 0 Å². The number of benzene rings is 1. The Kier molecular flexibility index (Phi) is 8.57. The topological polar surface area (TPSA) is 143 Å². The smallest absolute Gasteiger partial charge is 0.253 e. The first-order chi connectivity index (χ1) is 22.1. The highest BCUT2D eigenvalue weighted by Crippen LogP contribution is 2.37. The number of aromatic amines is 1. The van der Waals surface area contributed by atoms with Crippen molar-refractivity contribution in [2.24, 2.45) is 11.7 Å². The summed E-state index contributed by atoms with van der Waals surface area (Å²) in [7, 11) is 0. The minimum atomic E-state index is -0.179. The summed E-state index contributed by atoms with van der Waals surface area (Å²) in [5.74, 6) is 0.401. The third-order valence-electron chi connectivity index (χ3n) is 9.19. The molecule has 0 unspecified atom stereocenters. The largest absolute Gasteiger partial charge is 0.382 e. The Morgan fingerprint density at radius 1 is 0.978 bits per heavy atom. The van der Waals surface area contributed by atoms with Gasteiger partial charge in [0.15, 0.2) is 0 Å². The molecule has 1 aliphatic carbocycles. The zero-order valence-electron chi connectivity index (χ0n) is 25.4. The quantitative estimate of drug-likeness (QED) is 0.146. The highest BCUT2D eigenvalue weighted by molar-refractivity contribution is 6.04. The van der Waals surface area contributed by atoms with Crippen LogP contribution in [0, 0.1) is 5.92 Å². The number of aromatic nitrogens is 4. The SMILES string of the molecule is NC1CCC(Nc2c(NCC3CCOCC3)cnc3ccc(-c4c[nH]c5ncc(C(=O)NCc6cccnc6)cc45)cc23)CC1. The van der Waals surface area contributed by atoms with Crippen LogP contribution in [-0.2, 0) is 11.3 Å². The van der Waals surface area contributed by atoms with Crippen molar-refractivity contribution < 1.29 is 9.53 Å². The van der Waals surface area contributed by atoms with E-state index in [1.54, 1.807) is 18.6 Å². The minimum Gasteiger partial charge on any atom is -0.382 e. The third kappa shape index (κ3) is 6.62. The van der Waals surface area contributed by atoms with Gasteiger partial charge in [0, 0.05) is 79.5 Å². The molecule has 0 spiro atoms. The molecular weight excluding hydrogens is 564 g/mol. The van der Waals surface area contributed by atoms with Crippen molar-refractivity contribution >= 4 is 39.2 Å². The molecule has 1 aliphatic heterocycles. The summed E-state index contributed by atoms with van der Waals surface area (Å²) >= 11 is 0. The second-order valence-corrected chi connectivity index (χ2v) is 12.3. The first-order valence-corrected chi connectivity index (χ1v) is 16.0. The monoisotopic (exact) mass is 604 g/mol. The lowest BCUT2D eigenvalue weighted by Gasteiger charge is -2.29. The number of nitrogens with one attached hydrogen (secondary N) is 4. The van der Waals surface area contributed by atoms with Crippen molar-refractivity contribution in [3.8, 4) is 11.1 Å². The van der Waals surface area contributed by atoms with Crippen LogP contribution < -0.4 is 21.7 Å². The Morgan fingerprint density at radius 3 is 2.67 bits per heavy atom. The molecule has 1 amide bonds. The van der Waals surface area contributed by atoms with Crippen LogP contribution in [0.15, 0.2) is 67.4 Å². The van der Waals surface area contributed by atoms with E-state index in [4.69, 9.17) is 15.5 Å². The number of carbonyl (C=O) groups is 1. The summed E-state index contributed by atoms with van der Waals surface area (Å²) in [6.45, 7) is 2.94. The highest BCUT2D eigenvalue weighted by Gasteiger charge is 2.22. The molecule has 1 saturated carbocycles. The maximum absolute atomic E-state index is 13.1. The van der Waals surface area contributed by atoms with Crippen LogP contribution in [0.1, 0.15) is 54.4 Å². The number of rotatable bonds is 9. The number of nitrogens with zero attached hydrogens (tertiary/aromatic N) is 3. The van der Waals surface area contributed by atoms with Crippen LogP contribution in [0.25, 0.3) is 33.1 Å². The van der Waals surface area contributed by atoms with E-state index in [1.165, 1.54) is 0 Å². The molecule has 0 atom stereocenters. The van der Waals surface area contributed by atoms with Crippen LogP contribution in [0.5, 0.6) is 0 Å². The molecule has 1 aromatic carbocycles. The normalized spacial score (nSPS) is 19.0. The van der Waals surface area contributed by atoms with E-state index in [0.29, 0.717) is 24.1 Å². The van der Waals surface area contributed by atoms with E-state index in [2.05, 4.69) is 49.1 Å². The number of hydrogen-bond acceptors (Lipinski definition) is 8. The van der Waals surface area contributed by atoms with E-state index >= 15 is 0 Å². The Labute approximate surface area is 262 Å². The standard InChI is InChI=1S/C35H40N8O2/c36-26-4-6-27(7-5-26)43-33-29-14-24(3-8-31(29)39-21-32(33)38-17-22-9-12-45-13-10-22)30-20-41-34-28(30)15-25(19-40-34)35(44)42-18-23-2-1-11-37-16-23/h1-3,8,11,14-16,19-22,26-27,38H,4-7,9-10,12-13,17-18,36H2,(H,39,43)(H,40,41)(H,42,44). The Balaban J connectivity index is 1.20. The number of nitrogens with two attached hydrogens (primary N) is 1. The third-order valence-corrected chi connectivity index (χ3v) is 9.19. The van der Waals surface area contributed by atoms with Crippen LogP contribution >= 0.6 is 0 Å². The van der Waals surface area contributed by atoms with Crippen molar-refractivity contribution in [2.45, 2.75) is 57.2 Å². The number of carbonyl (C=O) groups excluding carboxylic acids is 1. The van der Waals surface area contributed by atoms with Gasteiger partial charge < -0.3 is 31.4 Å². The summed E-state index contributed by atoms with van der Waals surface area (Å²) < 4.78 is 5.58. The molecule has 6 N–H and O–H groups in total. The molecule has 1 saturated heterocycles. The number of hydrogen-bond donors (Lipinski definition) is 5. The second kappa shape index (κ2) is 13.2. The summed E-state index contributed by atoms with van der Waals surface area (Å²) in [5, 5.41) is 12.6. The number of H-pyrrole nitrogens is 1. The number of fused-ring (bicyclic) bond motifs is 2. The van der Waals surface area contributed by atoms with E-state index < -0.39 is 0 Å². The van der Waals surface area contributed by atoms with E-state index in [-0.39, 0.29) is 11.9 Å². The van der Waals surface area contributed by atoms with Gasteiger partial charge in [-0.25, -0.2) is 4.98 Å². The minimum absolute atomic E-state index is 0.179. The molecule has 2 aliphatic rings. The van der Waals surface area contributed by atoms with Gasteiger partial charge in [-0.1, -0.05) is 12.1 Å². The Bertz CT molecular complexity index is 1780. The number of amides is 1. The Morgan fingerprint density at radius 2 is 1.84 bits per heavy atom. The molecular formula is C35H40N8O2. The number of pyridine rings is 3. The molecule has 2 fully saturated rings. The molecule has 4 aromatic heterocycles. The van der Waals surface area contributed by atoms with Crippen molar-refractivity contribution in [2.75, 3.05) is 30.4 Å². The molecule has 232 valence electrons. The van der Waals surface area contributed by atoms with Gasteiger partial charge in [-0.3, -0.25) is 14.8 Å². The fraction of sp³-hybridized carbons (Fsp3) is 0.371. The lowest BCUT2D eigenvalue weighted by Crippen LogP contribution is -2.33. The zero-order chi connectivity index (χ0) is 30.6. The highest BCUT2D eigenvalue weighted by atomic mass is 16.5. The maximum Gasteiger partial charge on any atom is 0.253 e. The first-order valence-electron chi connectivity index (χ1n) is 16.0. The van der Waals surface area contributed by atoms with E-state index in [1.807, 2.05) is 30.6 Å². The molecule has 0 bridgehead atoms. The van der Waals surface area contributed by atoms with Gasteiger partial charge in [0.1, 0.15) is 5.65 Å². The molecule has 0 radical (unpaired) electrons. The summed E-state index contributed by atoms with van der Waals surface area (Å²) in [4.78, 5) is 29.9. The van der Waals surface area contributed by atoms with Gasteiger partial charge in [0.05, 0.1) is 28.7 Å². The predicted molar refractivity (Wildman–Crippen MR) is 178 cm³/mol. The van der Waals surface area contributed by atoms with E-state index in [0.717, 1.165) is 108 Å². The molecule has 5 heterocycles. The van der Waals surface area contributed by atoms with Crippen molar-refractivity contribution in [3.05, 3.63) is 78.5 Å². The lowest BCUT2D eigenvalue weighted by atomic mass is 9.91. The first kappa shape index (κ1) is 29.2. The molecule has 45 heavy (non-hydrogen) atoms. The fourth-order valence-electron chi connectivity index (χ4n) is 6.48. The van der Waals surface area contributed by atoms with Gasteiger partial charge in [-0.05, 0) is 79.8 Å².